The predicted molar refractivity (Wildman–Crippen MR) is 141 cm³/mol. The molecule has 1 N–H and O–H groups in total. The first-order valence-electron chi connectivity index (χ1n) is 12.6. The number of halogens is 6. The van der Waals surface area contributed by atoms with Crippen molar-refractivity contribution in [1.29, 1.82) is 0 Å². The van der Waals surface area contributed by atoms with Gasteiger partial charge in [0.2, 0.25) is 0 Å². The maximum atomic E-state index is 13.4. The number of benzene rings is 4. The lowest BCUT2D eigenvalue weighted by atomic mass is 9.97. The van der Waals surface area contributed by atoms with E-state index in [0.717, 1.165) is 29.3 Å². The average Bonchev–Trinajstić information content (AvgIpc) is 2.92. The number of anilines is 1. The summed E-state index contributed by atoms with van der Waals surface area (Å²) in [5.41, 5.74) is 2.65. The van der Waals surface area contributed by atoms with Crippen LogP contribution in [-0.2, 0) is 31.9 Å². The molecule has 3 nitrogen and oxygen atoms in total. The van der Waals surface area contributed by atoms with Crippen LogP contribution in [0.25, 0.3) is 11.1 Å². The number of fused-ring (bicyclic) bond motifs is 1. The molecule has 1 heterocycles. The smallest absolute Gasteiger partial charge is 0.322 e. The number of amides is 1. The zero-order valence-corrected chi connectivity index (χ0v) is 21.1. The summed E-state index contributed by atoms with van der Waals surface area (Å²) in [5, 5.41) is 2.87. The molecule has 40 heavy (non-hydrogen) atoms. The molecule has 206 valence electrons. The minimum atomic E-state index is -4.45. The Labute approximate surface area is 227 Å². The monoisotopic (exact) mass is 554 g/mol. The lowest BCUT2D eigenvalue weighted by Gasteiger charge is -2.30. The Morgan fingerprint density at radius 2 is 1.48 bits per heavy atom. The molecule has 1 amide bonds. The van der Waals surface area contributed by atoms with Gasteiger partial charge in [-0.25, -0.2) is 0 Å². The molecule has 1 aliphatic rings. The highest BCUT2D eigenvalue weighted by Gasteiger charge is 2.33. The van der Waals surface area contributed by atoms with E-state index in [1.165, 1.54) is 24.3 Å². The van der Waals surface area contributed by atoms with Gasteiger partial charge < -0.3 is 5.32 Å². The predicted octanol–water partition coefficient (Wildman–Crippen LogP) is 8.20. The van der Waals surface area contributed by atoms with Crippen LogP contribution < -0.4 is 5.32 Å². The van der Waals surface area contributed by atoms with Crippen molar-refractivity contribution in [3.05, 3.63) is 124 Å². The molecule has 0 unspecified atom stereocenters. The van der Waals surface area contributed by atoms with Crippen LogP contribution in [0.2, 0.25) is 0 Å². The molecule has 1 aliphatic heterocycles. The molecule has 0 radical (unpaired) electrons. The molecule has 0 atom stereocenters. The topological polar surface area (TPSA) is 32.3 Å². The third kappa shape index (κ3) is 6.04. The Balaban J connectivity index is 1.30. The number of rotatable bonds is 5. The van der Waals surface area contributed by atoms with Crippen LogP contribution in [0.4, 0.5) is 32.0 Å². The minimum absolute atomic E-state index is 0.175. The molecule has 0 aliphatic carbocycles. The molecule has 5 rings (SSSR count). The number of hydrogen-bond acceptors (Lipinski definition) is 2. The number of hydrogen-bond donors (Lipinski definition) is 1. The van der Waals surface area contributed by atoms with E-state index in [4.69, 9.17) is 0 Å². The van der Waals surface area contributed by atoms with E-state index in [0.29, 0.717) is 41.9 Å². The van der Waals surface area contributed by atoms with Gasteiger partial charge in [0.25, 0.3) is 5.91 Å². The van der Waals surface area contributed by atoms with E-state index in [1.54, 1.807) is 36.4 Å². The van der Waals surface area contributed by atoms with Gasteiger partial charge in [-0.2, -0.15) is 26.3 Å². The first kappa shape index (κ1) is 27.5. The molecule has 9 heteroatoms. The fourth-order valence-electron chi connectivity index (χ4n) is 4.97. The Hall–Kier alpha value is -4.11. The summed E-state index contributed by atoms with van der Waals surface area (Å²) in [6.07, 6.45) is -8.26. The second-order valence-electron chi connectivity index (χ2n) is 9.67. The number of carbonyl (C=O) groups is 1. The quantitative estimate of drug-likeness (QED) is 0.252. The van der Waals surface area contributed by atoms with Gasteiger partial charge >= 0.3 is 12.4 Å². The maximum Gasteiger partial charge on any atom is 0.416 e. The summed E-state index contributed by atoms with van der Waals surface area (Å²) in [7, 11) is 0. The first-order valence-corrected chi connectivity index (χ1v) is 12.6. The zero-order chi connectivity index (χ0) is 28.5. The molecule has 0 spiro atoms. The van der Waals surface area contributed by atoms with Crippen molar-refractivity contribution in [1.82, 2.24) is 4.90 Å². The van der Waals surface area contributed by atoms with Crippen LogP contribution in [0.3, 0.4) is 0 Å². The van der Waals surface area contributed by atoms with Crippen molar-refractivity contribution in [2.24, 2.45) is 0 Å². The van der Waals surface area contributed by atoms with Gasteiger partial charge in [-0.15, -0.1) is 0 Å². The van der Waals surface area contributed by atoms with Gasteiger partial charge in [0.05, 0.1) is 11.1 Å². The van der Waals surface area contributed by atoms with Gasteiger partial charge in [0.15, 0.2) is 0 Å². The van der Waals surface area contributed by atoms with Crippen LogP contribution in [-0.4, -0.2) is 17.4 Å². The van der Waals surface area contributed by atoms with E-state index >= 15 is 0 Å². The molecule has 0 saturated carbocycles. The van der Waals surface area contributed by atoms with Gasteiger partial charge in [-0.1, -0.05) is 54.6 Å². The van der Waals surface area contributed by atoms with E-state index in [1.807, 2.05) is 17.0 Å². The van der Waals surface area contributed by atoms with Gasteiger partial charge in [0, 0.05) is 30.9 Å². The second-order valence-corrected chi connectivity index (χ2v) is 9.67. The first-order chi connectivity index (χ1) is 19.0. The Bertz CT molecular complexity index is 1530. The van der Waals surface area contributed by atoms with E-state index in [9.17, 15) is 31.1 Å². The van der Waals surface area contributed by atoms with Gasteiger partial charge in [0.1, 0.15) is 0 Å². The Morgan fingerprint density at radius 3 is 2.20 bits per heavy atom. The van der Waals surface area contributed by atoms with Crippen LogP contribution in [0.5, 0.6) is 0 Å². The SMILES string of the molecule is O=C(Nc1ccc2c(c1)CCN(Cc1ccccc1C(F)(F)F)C2)c1ccccc1-c1ccc(C(F)(F)F)cc1. The van der Waals surface area contributed by atoms with E-state index in [2.05, 4.69) is 5.32 Å². The fourth-order valence-corrected chi connectivity index (χ4v) is 4.97. The van der Waals surface area contributed by atoms with E-state index in [-0.39, 0.29) is 12.1 Å². The number of carbonyl (C=O) groups excluding carboxylic acids is 1. The fraction of sp³-hybridized carbons (Fsp3) is 0.194. The third-order valence-electron chi connectivity index (χ3n) is 6.97. The summed E-state index contributed by atoms with van der Waals surface area (Å²) in [5.74, 6) is -0.406. The highest BCUT2D eigenvalue weighted by molar-refractivity contribution is 6.08. The van der Waals surface area contributed by atoms with Crippen LogP contribution in [0.15, 0.2) is 91.0 Å². The van der Waals surface area contributed by atoms with Gasteiger partial charge in [-0.05, 0) is 70.6 Å². The summed E-state index contributed by atoms with van der Waals surface area (Å²) in [6, 6.07) is 22.4. The van der Waals surface area contributed by atoms with Crippen molar-refractivity contribution in [3.63, 3.8) is 0 Å². The number of nitrogens with zero attached hydrogens (tertiary/aromatic N) is 1. The Morgan fingerprint density at radius 1 is 0.775 bits per heavy atom. The molecular weight excluding hydrogens is 530 g/mol. The Kier molecular flexibility index (Phi) is 7.42. The number of nitrogens with one attached hydrogen (secondary N) is 1. The summed E-state index contributed by atoms with van der Waals surface area (Å²) in [4.78, 5) is 15.1. The third-order valence-corrected chi connectivity index (χ3v) is 6.97. The van der Waals surface area contributed by atoms with E-state index < -0.39 is 29.4 Å². The summed E-state index contributed by atoms with van der Waals surface area (Å²) in [6.45, 7) is 1.22. The highest BCUT2D eigenvalue weighted by atomic mass is 19.4. The number of alkyl halides is 6. The summed E-state index contributed by atoms with van der Waals surface area (Å²) >= 11 is 0. The van der Waals surface area contributed by atoms with Crippen molar-refractivity contribution in [3.8, 4) is 11.1 Å². The molecule has 0 bridgehead atoms. The van der Waals surface area contributed by atoms with Crippen molar-refractivity contribution in [2.75, 3.05) is 11.9 Å². The second kappa shape index (κ2) is 10.8. The lowest BCUT2D eigenvalue weighted by Crippen LogP contribution is -2.31. The van der Waals surface area contributed by atoms with Crippen molar-refractivity contribution >= 4 is 11.6 Å². The molecule has 4 aromatic carbocycles. The molecule has 0 aromatic heterocycles. The normalized spacial score (nSPS) is 14.1. The highest BCUT2D eigenvalue weighted by Crippen LogP contribution is 2.34. The van der Waals surface area contributed by atoms with Crippen molar-refractivity contribution < 1.29 is 31.1 Å². The summed E-state index contributed by atoms with van der Waals surface area (Å²) < 4.78 is 79.1. The standard InChI is InChI=1S/C31H24F6N2O/c32-30(33,34)24-12-9-20(10-13-24)26-6-2-3-7-27(26)29(40)38-25-14-11-22-18-39(16-15-21(22)17-25)19-23-5-1-4-8-28(23)31(35,36)37/h1-14,17H,15-16,18-19H2,(H,38,40). The molecule has 4 aromatic rings. The molecule has 0 saturated heterocycles. The van der Waals surface area contributed by atoms with Gasteiger partial charge in [-0.3, -0.25) is 9.69 Å². The average molecular weight is 555 g/mol. The van der Waals surface area contributed by atoms with Crippen molar-refractivity contribution in [2.45, 2.75) is 31.9 Å². The maximum absolute atomic E-state index is 13.4. The molecular formula is C31H24F6N2O. The lowest BCUT2D eigenvalue weighted by molar-refractivity contribution is -0.139. The molecule has 0 fully saturated rings. The van der Waals surface area contributed by atoms with Crippen LogP contribution in [0.1, 0.15) is 38.2 Å². The van der Waals surface area contributed by atoms with Crippen LogP contribution >= 0.6 is 0 Å². The minimum Gasteiger partial charge on any atom is -0.322 e. The zero-order valence-electron chi connectivity index (χ0n) is 21.1. The largest absolute Gasteiger partial charge is 0.416 e. The van der Waals surface area contributed by atoms with Crippen LogP contribution in [0, 0.1) is 0 Å².